The molecule has 2 nitrogen and oxygen atoms in total. The van der Waals surface area contributed by atoms with E-state index in [0.29, 0.717) is 6.10 Å². The Labute approximate surface area is 49.7 Å². The lowest BCUT2D eigenvalue weighted by Gasteiger charge is -2.01. The lowest BCUT2D eigenvalue weighted by atomic mass is 10.2. The lowest BCUT2D eigenvalue weighted by molar-refractivity contribution is -0.274. The SMILES string of the molecule is [CH2]CCC1CCOO1. The first kappa shape index (κ1) is 6.05. The Morgan fingerprint density at radius 1 is 1.62 bits per heavy atom. The summed E-state index contributed by atoms with van der Waals surface area (Å²) in [6.45, 7) is 4.47. The first-order valence-electron chi connectivity index (χ1n) is 3.01. The van der Waals surface area contributed by atoms with Crippen LogP contribution in [0.1, 0.15) is 19.3 Å². The van der Waals surface area contributed by atoms with Gasteiger partial charge < -0.3 is 0 Å². The summed E-state index contributed by atoms with van der Waals surface area (Å²) in [6.07, 6.45) is 3.33. The van der Waals surface area contributed by atoms with Crippen molar-refractivity contribution in [3.8, 4) is 0 Å². The smallest absolute Gasteiger partial charge is 0.0953 e. The van der Waals surface area contributed by atoms with E-state index >= 15 is 0 Å². The van der Waals surface area contributed by atoms with E-state index in [4.69, 9.17) is 4.89 Å². The highest BCUT2D eigenvalue weighted by Gasteiger charge is 2.14. The first-order valence-corrected chi connectivity index (χ1v) is 3.01. The third-order valence-corrected chi connectivity index (χ3v) is 1.25. The van der Waals surface area contributed by atoms with Gasteiger partial charge in [0.15, 0.2) is 0 Å². The van der Waals surface area contributed by atoms with Crippen molar-refractivity contribution in [1.82, 2.24) is 0 Å². The van der Waals surface area contributed by atoms with Gasteiger partial charge in [0.25, 0.3) is 0 Å². The minimum absolute atomic E-state index is 0.326. The van der Waals surface area contributed by atoms with Crippen molar-refractivity contribution in [2.45, 2.75) is 25.4 Å². The quantitative estimate of drug-likeness (QED) is 0.505. The molecule has 0 saturated carbocycles. The fourth-order valence-electron chi connectivity index (χ4n) is 0.792. The molecule has 1 radical (unpaired) electrons. The maximum Gasteiger partial charge on any atom is 0.0953 e. The summed E-state index contributed by atoms with van der Waals surface area (Å²) in [5.41, 5.74) is 0. The second-order valence-corrected chi connectivity index (χ2v) is 1.97. The van der Waals surface area contributed by atoms with Crippen molar-refractivity contribution in [3.63, 3.8) is 0 Å². The minimum atomic E-state index is 0.326. The van der Waals surface area contributed by atoms with E-state index in [1.54, 1.807) is 0 Å². The predicted octanol–water partition coefficient (Wildman–Crippen LogP) is 1.32. The van der Waals surface area contributed by atoms with Crippen LogP contribution in [0.4, 0.5) is 0 Å². The van der Waals surface area contributed by atoms with Crippen LogP contribution in [0.15, 0.2) is 0 Å². The van der Waals surface area contributed by atoms with Crippen molar-refractivity contribution in [1.29, 1.82) is 0 Å². The predicted molar refractivity (Wildman–Crippen MR) is 30.0 cm³/mol. The second-order valence-electron chi connectivity index (χ2n) is 1.97. The Kier molecular flexibility index (Phi) is 2.30. The van der Waals surface area contributed by atoms with Gasteiger partial charge in [0.2, 0.25) is 0 Å². The Morgan fingerprint density at radius 3 is 3.00 bits per heavy atom. The van der Waals surface area contributed by atoms with Crippen molar-refractivity contribution < 1.29 is 9.78 Å². The normalized spacial score (nSPS) is 28.9. The molecule has 0 bridgehead atoms. The van der Waals surface area contributed by atoms with Crippen molar-refractivity contribution in [2.24, 2.45) is 0 Å². The van der Waals surface area contributed by atoms with Gasteiger partial charge in [0.1, 0.15) is 0 Å². The highest BCUT2D eigenvalue weighted by molar-refractivity contribution is 4.59. The number of rotatable bonds is 2. The maximum absolute atomic E-state index is 4.85. The van der Waals surface area contributed by atoms with Gasteiger partial charge in [-0.25, -0.2) is 9.78 Å². The van der Waals surface area contributed by atoms with E-state index in [2.05, 4.69) is 11.8 Å². The molecule has 47 valence electrons. The van der Waals surface area contributed by atoms with Gasteiger partial charge in [0.05, 0.1) is 12.7 Å². The summed E-state index contributed by atoms with van der Waals surface area (Å²) in [5, 5.41) is 0. The molecule has 0 amide bonds. The van der Waals surface area contributed by atoms with Gasteiger partial charge in [-0.3, -0.25) is 0 Å². The Hall–Kier alpha value is -0.0800. The van der Waals surface area contributed by atoms with Gasteiger partial charge in [0, 0.05) is 6.42 Å². The lowest BCUT2D eigenvalue weighted by Crippen LogP contribution is -2.02. The van der Waals surface area contributed by atoms with Crippen LogP contribution in [0.25, 0.3) is 0 Å². The Bertz CT molecular complexity index is 57.5. The second kappa shape index (κ2) is 3.05. The minimum Gasteiger partial charge on any atom is -0.236 e. The molecule has 1 aliphatic heterocycles. The standard InChI is InChI=1S/C6H11O2/c1-2-3-6-4-5-7-8-6/h6H,1-5H2. The zero-order valence-corrected chi connectivity index (χ0v) is 4.93. The van der Waals surface area contributed by atoms with Crippen LogP contribution in [0.5, 0.6) is 0 Å². The van der Waals surface area contributed by atoms with Crippen LogP contribution >= 0.6 is 0 Å². The van der Waals surface area contributed by atoms with Crippen LogP contribution in [-0.2, 0) is 9.78 Å². The Balaban J connectivity index is 2.06. The molecule has 0 spiro atoms. The molecule has 0 aliphatic carbocycles. The number of hydrogen-bond donors (Lipinski definition) is 0. The molecule has 1 aliphatic rings. The average molecular weight is 115 g/mol. The largest absolute Gasteiger partial charge is 0.236 e. The van der Waals surface area contributed by atoms with E-state index in [0.717, 1.165) is 25.9 Å². The third-order valence-electron chi connectivity index (χ3n) is 1.25. The molecule has 8 heavy (non-hydrogen) atoms. The molecule has 0 aromatic rings. The van der Waals surface area contributed by atoms with Crippen molar-refractivity contribution in [3.05, 3.63) is 6.92 Å². The van der Waals surface area contributed by atoms with Crippen LogP contribution in [0.2, 0.25) is 0 Å². The summed E-state index contributed by atoms with van der Waals surface area (Å²) in [5.74, 6) is 0. The zero-order valence-electron chi connectivity index (χ0n) is 4.93. The maximum atomic E-state index is 4.85. The van der Waals surface area contributed by atoms with Crippen molar-refractivity contribution in [2.75, 3.05) is 6.61 Å². The summed E-state index contributed by atoms with van der Waals surface area (Å²) in [7, 11) is 0. The van der Waals surface area contributed by atoms with E-state index in [1.807, 2.05) is 0 Å². The van der Waals surface area contributed by atoms with Gasteiger partial charge >= 0.3 is 0 Å². The topological polar surface area (TPSA) is 18.5 Å². The molecule has 0 N–H and O–H groups in total. The fourth-order valence-corrected chi connectivity index (χ4v) is 0.792. The van der Waals surface area contributed by atoms with E-state index in [-0.39, 0.29) is 0 Å². The molecule has 1 rings (SSSR count). The van der Waals surface area contributed by atoms with Crippen LogP contribution in [-0.4, -0.2) is 12.7 Å². The van der Waals surface area contributed by atoms with E-state index in [1.165, 1.54) is 0 Å². The van der Waals surface area contributed by atoms with E-state index < -0.39 is 0 Å². The summed E-state index contributed by atoms with van der Waals surface area (Å²) >= 11 is 0. The van der Waals surface area contributed by atoms with Crippen LogP contribution in [0, 0.1) is 6.92 Å². The molecular weight excluding hydrogens is 104 g/mol. The molecular formula is C6H11O2. The Morgan fingerprint density at radius 2 is 2.50 bits per heavy atom. The van der Waals surface area contributed by atoms with Gasteiger partial charge in [-0.05, 0) is 6.42 Å². The highest BCUT2D eigenvalue weighted by atomic mass is 17.2. The highest BCUT2D eigenvalue weighted by Crippen LogP contribution is 2.13. The zero-order chi connectivity index (χ0) is 5.82. The molecule has 1 unspecified atom stereocenters. The van der Waals surface area contributed by atoms with E-state index in [9.17, 15) is 0 Å². The molecule has 0 aromatic carbocycles. The number of hydrogen-bond acceptors (Lipinski definition) is 2. The molecule has 1 atom stereocenters. The third kappa shape index (κ3) is 1.46. The molecule has 1 heterocycles. The first-order chi connectivity index (χ1) is 3.93. The van der Waals surface area contributed by atoms with Crippen LogP contribution in [0.3, 0.4) is 0 Å². The van der Waals surface area contributed by atoms with Crippen LogP contribution < -0.4 is 0 Å². The summed E-state index contributed by atoms with van der Waals surface area (Å²) in [4.78, 5) is 9.54. The molecule has 1 saturated heterocycles. The fraction of sp³-hybridized carbons (Fsp3) is 0.833. The molecule has 1 fully saturated rings. The van der Waals surface area contributed by atoms with Gasteiger partial charge in [-0.2, -0.15) is 0 Å². The van der Waals surface area contributed by atoms with Gasteiger partial charge in [-0.15, -0.1) is 0 Å². The molecule has 2 heteroatoms. The summed E-state index contributed by atoms with van der Waals surface area (Å²) in [6, 6.07) is 0. The van der Waals surface area contributed by atoms with Crippen molar-refractivity contribution >= 4 is 0 Å². The van der Waals surface area contributed by atoms with Gasteiger partial charge in [-0.1, -0.05) is 13.3 Å². The molecule has 0 aromatic heterocycles. The monoisotopic (exact) mass is 115 g/mol. The average Bonchev–Trinajstić information content (AvgIpc) is 2.19. The summed E-state index contributed by atoms with van der Waals surface area (Å²) < 4.78 is 0.